The summed E-state index contributed by atoms with van der Waals surface area (Å²) in [5, 5.41) is 3.48. The topological polar surface area (TPSA) is 12.0 Å². The maximum atomic E-state index is 3.48. The molecule has 1 saturated carbocycles. The monoisotopic (exact) mass is 217 g/mol. The van der Waals surface area contributed by atoms with Gasteiger partial charge in [0.25, 0.3) is 0 Å². The molecule has 0 saturated heterocycles. The molecular formula is C14H35N. The zero-order chi connectivity index (χ0) is 12.5. The van der Waals surface area contributed by atoms with Crippen LogP contribution in [0.1, 0.15) is 80.6 Å². The molecule has 0 unspecified atom stereocenters. The van der Waals surface area contributed by atoms with Crippen molar-refractivity contribution in [3.05, 3.63) is 0 Å². The van der Waals surface area contributed by atoms with Crippen molar-refractivity contribution in [3.63, 3.8) is 0 Å². The van der Waals surface area contributed by atoms with Crippen LogP contribution in [0.4, 0.5) is 0 Å². The maximum absolute atomic E-state index is 3.48. The van der Waals surface area contributed by atoms with Gasteiger partial charge in [-0.25, -0.2) is 0 Å². The van der Waals surface area contributed by atoms with E-state index in [2.05, 4.69) is 12.2 Å². The molecule has 96 valence electrons. The minimum atomic E-state index is 0.851. The van der Waals surface area contributed by atoms with Crippen molar-refractivity contribution in [3.8, 4) is 0 Å². The Morgan fingerprint density at radius 3 is 1.53 bits per heavy atom. The van der Waals surface area contributed by atoms with Crippen LogP contribution in [0.15, 0.2) is 0 Å². The van der Waals surface area contributed by atoms with E-state index in [1.54, 1.807) is 0 Å². The van der Waals surface area contributed by atoms with Gasteiger partial charge in [0.15, 0.2) is 0 Å². The molecule has 0 amide bonds. The third-order valence-corrected chi connectivity index (χ3v) is 2.10. The lowest BCUT2D eigenvalue weighted by molar-refractivity contribution is 0.380. The molecule has 0 atom stereocenters. The van der Waals surface area contributed by atoms with Crippen LogP contribution in [0, 0.1) is 0 Å². The van der Waals surface area contributed by atoms with Gasteiger partial charge in [0, 0.05) is 6.04 Å². The summed E-state index contributed by atoms with van der Waals surface area (Å²) in [4.78, 5) is 0. The predicted octanol–water partition coefficient (Wildman–Crippen LogP) is 5.01. The smallest absolute Gasteiger partial charge is 0.00669 e. The highest BCUT2D eigenvalue weighted by Gasteiger charge is 2.10. The molecule has 0 radical (unpaired) electrons. The Balaban J connectivity index is -0.000000208. The highest BCUT2D eigenvalue weighted by molar-refractivity contribution is 4.70. The molecule has 15 heavy (non-hydrogen) atoms. The number of hydrogen-bond acceptors (Lipinski definition) is 1. The van der Waals surface area contributed by atoms with Crippen LogP contribution in [-0.4, -0.2) is 12.6 Å². The fraction of sp³-hybridized carbons (Fsp3) is 1.00. The minimum absolute atomic E-state index is 0.851. The van der Waals surface area contributed by atoms with E-state index >= 15 is 0 Å². The Morgan fingerprint density at radius 1 is 0.800 bits per heavy atom. The zero-order valence-electron chi connectivity index (χ0n) is 12.3. The largest absolute Gasteiger partial charge is 0.314 e. The van der Waals surface area contributed by atoms with Crippen LogP contribution in [0.2, 0.25) is 0 Å². The Kier molecular flexibility index (Phi) is 32.1. The molecular weight excluding hydrogens is 182 g/mol. The molecule has 1 aliphatic rings. The SMILES string of the molecule is CC.CC.CC.CCNC1CCCCC1. The molecule has 0 spiro atoms. The second kappa shape index (κ2) is 23.6. The fourth-order valence-electron chi connectivity index (χ4n) is 1.60. The second-order valence-corrected chi connectivity index (χ2v) is 2.89. The summed E-state index contributed by atoms with van der Waals surface area (Å²) in [7, 11) is 0. The minimum Gasteiger partial charge on any atom is -0.314 e. The van der Waals surface area contributed by atoms with Crippen LogP contribution in [0.3, 0.4) is 0 Å². The molecule has 1 heteroatoms. The summed E-state index contributed by atoms with van der Waals surface area (Å²) in [6.07, 6.45) is 7.17. The zero-order valence-corrected chi connectivity index (χ0v) is 12.3. The van der Waals surface area contributed by atoms with Gasteiger partial charge < -0.3 is 5.32 Å². The van der Waals surface area contributed by atoms with Gasteiger partial charge in [0.05, 0.1) is 0 Å². The Morgan fingerprint density at radius 2 is 1.20 bits per heavy atom. The molecule has 0 heterocycles. The van der Waals surface area contributed by atoms with E-state index in [1.807, 2.05) is 41.5 Å². The van der Waals surface area contributed by atoms with Crippen LogP contribution >= 0.6 is 0 Å². The number of hydrogen-bond donors (Lipinski definition) is 1. The second-order valence-electron chi connectivity index (χ2n) is 2.89. The molecule has 1 aliphatic carbocycles. The molecule has 1 nitrogen and oxygen atoms in total. The predicted molar refractivity (Wildman–Crippen MR) is 74.6 cm³/mol. The molecule has 0 aromatic rings. The average Bonchev–Trinajstić information content (AvgIpc) is 2.38. The van der Waals surface area contributed by atoms with Crippen molar-refractivity contribution in [2.75, 3.05) is 6.54 Å². The quantitative estimate of drug-likeness (QED) is 0.686. The first-order valence-corrected chi connectivity index (χ1v) is 7.17. The third-order valence-electron chi connectivity index (χ3n) is 2.10. The van der Waals surface area contributed by atoms with E-state index in [0.717, 1.165) is 12.6 Å². The van der Waals surface area contributed by atoms with Gasteiger partial charge in [-0.3, -0.25) is 0 Å². The summed E-state index contributed by atoms with van der Waals surface area (Å²) in [5.41, 5.74) is 0. The highest BCUT2D eigenvalue weighted by atomic mass is 14.9. The summed E-state index contributed by atoms with van der Waals surface area (Å²) in [6.45, 7) is 15.3. The molecule has 1 rings (SSSR count). The molecule has 0 aliphatic heterocycles. The van der Waals surface area contributed by atoms with Crippen molar-refractivity contribution >= 4 is 0 Å². The van der Waals surface area contributed by atoms with Crippen molar-refractivity contribution in [2.45, 2.75) is 86.6 Å². The Labute approximate surface area is 99.0 Å². The van der Waals surface area contributed by atoms with Crippen molar-refractivity contribution < 1.29 is 0 Å². The van der Waals surface area contributed by atoms with Crippen molar-refractivity contribution in [1.29, 1.82) is 0 Å². The Hall–Kier alpha value is -0.0400. The van der Waals surface area contributed by atoms with Crippen molar-refractivity contribution in [2.24, 2.45) is 0 Å². The van der Waals surface area contributed by atoms with Gasteiger partial charge in [0.2, 0.25) is 0 Å². The van der Waals surface area contributed by atoms with E-state index in [0.29, 0.717) is 0 Å². The average molecular weight is 217 g/mol. The lowest BCUT2D eigenvalue weighted by Crippen LogP contribution is -2.30. The third kappa shape index (κ3) is 16.6. The van der Waals surface area contributed by atoms with E-state index in [9.17, 15) is 0 Å². The first-order chi connectivity index (χ1) is 7.43. The lowest BCUT2D eigenvalue weighted by atomic mass is 9.96. The van der Waals surface area contributed by atoms with E-state index in [1.165, 1.54) is 32.1 Å². The molecule has 0 aromatic carbocycles. The fourth-order valence-corrected chi connectivity index (χ4v) is 1.60. The summed E-state index contributed by atoms with van der Waals surface area (Å²) in [6, 6.07) is 0.851. The normalized spacial score (nSPS) is 14.6. The number of rotatable bonds is 2. The van der Waals surface area contributed by atoms with Gasteiger partial charge in [-0.05, 0) is 19.4 Å². The van der Waals surface area contributed by atoms with Crippen molar-refractivity contribution in [1.82, 2.24) is 5.32 Å². The first-order valence-electron chi connectivity index (χ1n) is 7.17. The van der Waals surface area contributed by atoms with Crippen LogP contribution < -0.4 is 5.32 Å². The molecule has 0 aromatic heterocycles. The molecule has 0 bridgehead atoms. The molecule has 1 N–H and O–H groups in total. The number of nitrogens with one attached hydrogen (secondary N) is 1. The van der Waals surface area contributed by atoms with Gasteiger partial charge in [-0.2, -0.15) is 0 Å². The molecule has 1 fully saturated rings. The standard InChI is InChI=1S/C8H17N.3C2H6/c1-2-9-8-6-4-3-5-7-8;3*1-2/h8-9H,2-7H2,1H3;3*1-2H3. The van der Waals surface area contributed by atoms with Gasteiger partial charge in [-0.15, -0.1) is 0 Å². The van der Waals surface area contributed by atoms with E-state index in [-0.39, 0.29) is 0 Å². The van der Waals surface area contributed by atoms with Gasteiger partial charge >= 0.3 is 0 Å². The van der Waals surface area contributed by atoms with E-state index < -0.39 is 0 Å². The Bertz CT molecular complexity index is 63.0. The summed E-state index contributed by atoms with van der Waals surface area (Å²) in [5.74, 6) is 0. The lowest BCUT2D eigenvalue weighted by Gasteiger charge is -2.21. The van der Waals surface area contributed by atoms with Crippen LogP contribution in [0.5, 0.6) is 0 Å². The summed E-state index contributed by atoms with van der Waals surface area (Å²) < 4.78 is 0. The van der Waals surface area contributed by atoms with Gasteiger partial charge in [-0.1, -0.05) is 67.7 Å². The maximum Gasteiger partial charge on any atom is 0.00669 e. The van der Waals surface area contributed by atoms with E-state index in [4.69, 9.17) is 0 Å². The van der Waals surface area contributed by atoms with Gasteiger partial charge in [0.1, 0.15) is 0 Å². The van der Waals surface area contributed by atoms with Crippen LogP contribution in [-0.2, 0) is 0 Å². The first kappa shape index (κ1) is 20.4. The summed E-state index contributed by atoms with van der Waals surface area (Å²) >= 11 is 0. The highest BCUT2D eigenvalue weighted by Crippen LogP contribution is 2.16. The van der Waals surface area contributed by atoms with Crippen LogP contribution in [0.25, 0.3) is 0 Å².